The van der Waals surface area contributed by atoms with Crippen LogP contribution in [0.5, 0.6) is 5.75 Å². The molecule has 0 aliphatic rings. The Morgan fingerprint density at radius 1 is 1.03 bits per heavy atom. The number of methoxy groups -OCH3 is 1. The molecule has 35 heavy (non-hydrogen) atoms. The highest BCUT2D eigenvalue weighted by Crippen LogP contribution is 2.22. The quantitative estimate of drug-likeness (QED) is 0.0907. The van der Waals surface area contributed by atoms with E-state index >= 15 is 0 Å². The van der Waals surface area contributed by atoms with Gasteiger partial charge in [-0.15, -0.1) is 23.0 Å². The molecule has 0 aliphatic carbocycles. The lowest BCUT2D eigenvalue weighted by Gasteiger charge is -2.10. The van der Waals surface area contributed by atoms with Gasteiger partial charge in [-0.25, -0.2) is 4.79 Å². The zero-order valence-electron chi connectivity index (χ0n) is 19.7. The highest BCUT2D eigenvalue weighted by atomic mass is 32.2. The van der Waals surface area contributed by atoms with Crippen LogP contribution in [0.15, 0.2) is 36.4 Å². The minimum absolute atomic E-state index is 0.130. The third-order valence-corrected chi connectivity index (χ3v) is 5.46. The zero-order valence-corrected chi connectivity index (χ0v) is 20.5. The third kappa shape index (κ3) is 12.4. The molecule has 0 saturated carbocycles. The lowest BCUT2D eigenvalue weighted by atomic mass is 10.0. The first-order valence-corrected chi connectivity index (χ1v) is 11.8. The molecular weight excluding hydrogens is 478 g/mol. The molecule has 0 amide bonds. The number of nitrogens with zero attached hydrogens (tertiary/aromatic N) is 1. The van der Waals surface area contributed by atoms with E-state index in [0.29, 0.717) is 19.4 Å². The molecule has 0 spiro atoms. The van der Waals surface area contributed by atoms with Gasteiger partial charge < -0.3 is 18.9 Å². The van der Waals surface area contributed by atoms with E-state index in [2.05, 4.69) is 22.4 Å². The van der Waals surface area contributed by atoms with E-state index in [1.807, 2.05) is 36.4 Å². The molecule has 1 atom stereocenters. The zero-order chi connectivity index (χ0) is 26.1. The Morgan fingerprint density at radius 2 is 1.66 bits per heavy atom. The number of carbonyl (C=O) groups is 2. The molecule has 0 fully saturated rings. The predicted octanol–water partition coefficient (Wildman–Crippen LogP) is 4.40. The Morgan fingerprint density at radius 3 is 2.31 bits per heavy atom. The van der Waals surface area contributed by atoms with Crippen LogP contribution in [0.1, 0.15) is 25.3 Å². The van der Waals surface area contributed by atoms with Crippen LogP contribution in [0.3, 0.4) is 0 Å². The highest BCUT2D eigenvalue weighted by molar-refractivity contribution is 7.99. The predicted molar refractivity (Wildman–Crippen MR) is 132 cm³/mol. The largest absolute Gasteiger partial charge is 0.510 e. The second kappa shape index (κ2) is 16.9. The van der Waals surface area contributed by atoms with Crippen LogP contribution < -0.4 is 4.74 Å². The minimum Gasteiger partial charge on any atom is -0.497 e. The summed E-state index contributed by atoms with van der Waals surface area (Å²) >= 11 is 1.64. The van der Waals surface area contributed by atoms with Crippen molar-refractivity contribution in [2.45, 2.75) is 32.5 Å². The first-order valence-electron chi connectivity index (χ1n) is 10.7. The van der Waals surface area contributed by atoms with Crippen LogP contribution in [-0.4, -0.2) is 55.3 Å². The summed E-state index contributed by atoms with van der Waals surface area (Å²) in [4.78, 5) is 37.5. The van der Waals surface area contributed by atoms with Gasteiger partial charge in [-0.05, 0) is 59.7 Å². The third-order valence-electron chi connectivity index (χ3n) is 4.31. The molecule has 0 aromatic heterocycles. The van der Waals surface area contributed by atoms with E-state index in [1.54, 1.807) is 18.9 Å². The maximum atomic E-state index is 12.1. The number of benzene rings is 2. The van der Waals surface area contributed by atoms with Gasteiger partial charge in [0.1, 0.15) is 5.75 Å². The Kier molecular flexibility index (Phi) is 14.2. The van der Waals surface area contributed by atoms with E-state index in [4.69, 9.17) is 14.2 Å². The number of fused-ring (bicyclic) bond motifs is 1. The fraction of sp³-hybridized carbons (Fsp3) is 0.417. The van der Waals surface area contributed by atoms with Crippen molar-refractivity contribution >= 4 is 34.7 Å². The summed E-state index contributed by atoms with van der Waals surface area (Å²) in [6.45, 7) is 1.69. The fourth-order valence-electron chi connectivity index (χ4n) is 2.81. The average molecular weight is 508 g/mol. The van der Waals surface area contributed by atoms with E-state index in [-0.39, 0.29) is 19.0 Å². The fourth-order valence-corrected chi connectivity index (χ4v) is 3.65. The number of carbonyl (C=O) groups excluding carboxylic acids is 2. The Hall–Kier alpha value is -3.65. The number of esters is 1. The topological polar surface area (TPSA) is 123 Å². The van der Waals surface area contributed by atoms with Gasteiger partial charge in [0.25, 0.3) is 5.09 Å². The molecule has 0 saturated heterocycles. The van der Waals surface area contributed by atoms with Crippen molar-refractivity contribution in [3.8, 4) is 18.6 Å². The van der Waals surface area contributed by atoms with Gasteiger partial charge in [-0.2, -0.15) is 11.8 Å². The lowest BCUT2D eigenvalue weighted by molar-refractivity contribution is -0.777. The summed E-state index contributed by atoms with van der Waals surface area (Å²) in [5.41, 5.74) is 0.893. The molecule has 0 heterocycles. The van der Waals surface area contributed by atoms with E-state index < -0.39 is 17.5 Å². The number of thioether (sulfide) groups is 1. The van der Waals surface area contributed by atoms with Crippen LogP contribution in [0.2, 0.25) is 0 Å². The van der Waals surface area contributed by atoms with Crippen molar-refractivity contribution in [2.24, 2.45) is 0 Å². The van der Waals surface area contributed by atoms with Crippen molar-refractivity contribution in [1.29, 1.82) is 0 Å². The van der Waals surface area contributed by atoms with Crippen LogP contribution in [0.25, 0.3) is 10.8 Å². The Bertz CT molecular complexity index is 980. The molecule has 190 valence electrons. The molecule has 0 radical (unpaired) electrons. The summed E-state index contributed by atoms with van der Waals surface area (Å²) in [5, 5.41) is 11.1. The number of terminal acetylenes is 1. The molecule has 2 rings (SSSR count). The molecule has 0 aliphatic heterocycles. The maximum absolute atomic E-state index is 12.1. The van der Waals surface area contributed by atoms with Crippen molar-refractivity contribution in [3.05, 3.63) is 52.1 Å². The maximum Gasteiger partial charge on any atom is 0.510 e. The Balaban J connectivity index is 0.00000298. The number of hydrogen-bond donors (Lipinski definition) is 0. The first-order chi connectivity index (χ1) is 16.9. The molecule has 1 unspecified atom stereocenters. The Labute approximate surface area is 208 Å². The summed E-state index contributed by atoms with van der Waals surface area (Å²) in [7, 11) is 1.63. The van der Waals surface area contributed by atoms with Gasteiger partial charge >= 0.3 is 12.1 Å². The van der Waals surface area contributed by atoms with Crippen molar-refractivity contribution in [1.82, 2.24) is 0 Å². The standard InChI is InChI=1S/C22H27NO9S.C2H2/c1-16(32-23(26)27)31-22(25)30-10-4-12-33-11-3-9-29-21(24)14-17-5-6-19-15-20(28-2)8-7-18(19)13-17;1-2/h5-8,13,15-16H,3-4,9-12,14H2,1-2H3;1-2H. The summed E-state index contributed by atoms with van der Waals surface area (Å²) in [6, 6.07) is 11.6. The lowest BCUT2D eigenvalue weighted by Crippen LogP contribution is -2.21. The van der Waals surface area contributed by atoms with Crippen LogP contribution in [0, 0.1) is 23.0 Å². The average Bonchev–Trinajstić information content (AvgIpc) is 2.83. The molecular formula is C24H29NO9S. The van der Waals surface area contributed by atoms with Gasteiger partial charge in [0.15, 0.2) is 0 Å². The van der Waals surface area contributed by atoms with Gasteiger partial charge in [-0.3, -0.25) is 9.63 Å². The molecule has 11 heteroatoms. The SMILES string of the molecule is C#C.COc1ccc2cc(CC(=O)OCCCSCCCOC(=O)OC(C)O[N+](=O)[O-])ccc2c1. The molecule has 2 aromatic carbocycles. The smallest absolute Gasteiger partial charge is 0.497 e. The van der Waals surface area contributed by atoms with Crippen LogP contribution in [-0.2, 0) is 30.3 Å². The van der Waals surface area contributed by atoms with Crippen LogP contribution >= 0.6 is 11.8 Å². The number of ether oxygens (including phenoxy) is 4. The monoisotopic (exact) mass is 507 g/mol. The van der Waals surface area contributed by atoms with Crippen molar-refractivity contribution < 1.29 is 38.5 Å². The molecule has 10 nitrogen and oxygen atoms in total. The van der Waals surface area contributed by atoms with E-state index in [1.165, 1.54) is 6.92 Å². The number of hydrogen-bond acceptors (Lipinski definition) is 10. The van der Waals surface area contributed by atoms with Crippen LogP contribution in [0.4, 0.5) is 4.79 Å². The highest BCUT2D eigenvalue weighted by Gasteiger charge is 2.13. The van der Waals surface area contributed by atoms with E-state index in [9.17, 15) is 19.7 Å². The normalized spacial score (nSPS) is 10.9. The summed E-state index contributed by atoms with van der Waals surface area (Å²) in [6.07, 6.45) is 7.18. The summed E-state index contributed by atoms with van der Waals surface area (Å²) in [5.74, 6) is 2.06. The van der Waals surface area contributed by atoms with Gasteiger partial charge in [0.2, 0.25) is 6.29 Å². The van der Waals surface area contributed by atoms with Gasteiger partial charge in [0, 0.05) is 0 Å². The molecule has 0 bridgehead atoms. The summed E-state index contributed by atoms with van der Waals surface area (Å²) < 4.78 is 19.8. The number of rotatable bonds is 14. The minimum atomic E-state index is -1.32. The van der Waals surface area contributed by atoms with Gasteiger partial charge in [0.05, 0.1) is 26.7 Å². The van der Waals surface area contributed by atoms with E-state index in [0.717, 1.165) is 33.6 Å². The second-order valence-electron chi connectivity index (χ2n) is 6.88. The van der Waals surface area contributed by atoms with Crippen molar-refractivity contribution in [3.63, 3.8) is 0 Å². The van der Waals surface area contributed by atoms with Crippen molar-refractivity contribution in [2.75, 3.05) is 31.8 Å². The van der Waals surface area contributed by atoms with Gasteiger partial charge in [-0.1, -0.05) is 24.3 Å². The molecule has 2 aromatic rings. The second-order valence-corrected chi connectivity index (χ2v) is 8.10. The first kappa shape index (κ1) is 29.4. The molecule has 0 N–H and O–H groups in total.